The molecule has 0 fully saturated rings. The second kappa shape index (κ2) is 15.1. The molecule has 0 saturated carbocycles. The van der Waals surface area contributed by atoms with Crippen LogP contribution in [0.4, 0.5) is 0 Å². The highest BCUT2D eigenvalue weighted by Crippen LogP contribution is 2.16. The second-order valence-electron chi connectivity index (χ2n) is 5.57. The Kier molecular flexibility index (Phi) is 14.5. The maximum atomic E-state index is 8.68. The van der Waals surface area contributed by atoms with E-state index in [1.807, 2.05) is 36.4 Å². The van der Waals surface area contributed by atoms with E-state index in [1.54, 1.807) is 0 Å². The molecule has 0 atom stereocenters. The van der Waals surface area contributed by atoms with E-state index in [1.165, 1.54) is 5.56 Å². The number of hydrogen-bond acceptors (Lipinski definition) is 4. The van der Waals surface area contributed by atoms with Crippen molar-refractivity contribution in [1.82, 2.24) is 10.6 Å². The van der Waals surface area contributed by atoms with Crippen molar-refractivity contribution in [1.29, 1.82) is 0 Å². The Morgan fingerprint density at radius 2 is 1.62 bits per heavy atom. The smallest absolute Gasteiger partial charge is 0.120 e. The molecule has 7 heteroatoms. The number of hydrogen-bond donors (Lipinski definition) is 3. The van der Waals surface area contributed by atoms with Gasteiger partial charge in [-0.05, 0) is 54.9 Å². The van der Waals surface area contributed by atoms with Crippen molar-refractivity contribution in [2.75, 3.05) is 26.2 Å². The molecular weight excluding hydrogens is 395 g/mol. The predicted octanol–water partition coefficient (Wildman–Crippen LogP) is 3.82. The first-order chi connectivity index (χ1) is 11.8. The molecule has 0 aliphatic rings. The Morgan fingerprint density at radius 1 is 0.885 bits per heavy atom. The molecule has 0 bridgehead atoms. The average molecular weight is 422 g/mol. The molecule has 2 aromatic rings. The van der Waals surface area contributed by atoms with Crippen LogP contribution in [0.1, 0.15) is 17.5 Å². The summed E-state index contributed by atoms with van der Waals surface area (Å²) in [6.45, 7) is 4.05. The van der Waals surface area contributed by atoms with Gasteiger partial charge in [0.1, 0.15) is 12.4 Å². The minimum absolute atomic E-state index is 0. The van der Waals surface area contributed by atoms with Crippen molar-refractivity contribution in [3.63, 3.8) is 0 Å². The van der Waals surface area contributed by atoms with Crippen molar-refractivity contribution < 1.29 is 9.84 Å². The van der Waals surface area contributed by atoms with Crippen molar-refractivity contribution in [2.45, 2.75) is 19.6 Å². The number of rotatable bonds is 11. The maximum Gasteiger partial charge on any atom is 0.120 e. The molecule has 3 N–H and O–H groups in total. The van der Waals surface area contributed by atoms with Crippen LogP contribution in [-0.2, 0) is 13.2 Å². The Bertz CT molecular complexity index is 598. The molecule has 0 spiro atoms. The van der Waals surface area contributed by atoms with E-state index in [-0.39, 0.29) is 31.4 Å². The van der Waals surface area contributed by atoms with Crippen molar-refractivity contribution in [3.05, 3.63) is 64.7 Å². The molecule has 0 saturated heterocycles. The minimum atomic E-state index is 0. The molecule has 2 rings (SSSR count). The lowest BCUT2D eigenvalue weighted by Crippen LogP contribution is -2.23. The van der Waals surface area contributed by atoms with Crippen LogP contribution < -0.4 is 15.4 Å². The molecule has 26 heavy (non-hydrogen) atoms. The number of ether oxygens (including phenoxy) is 1. The third-order valence-corrected chi connectivity index (χ3v) is 3.79. The van der Waals surface area contributed by atoms with E-state index >= 15 is 0 Å². The lowest BCUT2D eigenvalue weighted by atomic mass is 10.2. The third-order valence-electron chi connectivity index (χ3n) is 3.54. The van der Waals surface area contributed by atoms with Gasteiger partial charge in [0.05, 0.1) is 6.61 Å². The molecule has 0 aliphatic carbocycles. The first-order valence-electron chi connectivity index (χ1n) is 8.26. The van der Waals surface area contributed by atoms with Gasteiger partial charge in [0.2, 0.25) is 0 Å². The highest BCUT2D eigenvalue weighted by Gasteiger charge is 1.99. The van der Waals surface area contributed by atoms with Crippen LogP contribution in [0, 0.1) is 0 Å². The Hall–Kier alpha value is -1.01. The molecule has 2 aromatic carbocycles. The highest BCUT2D eigenvalue weighted by molar-refractivity contribution is 6.30. The first kappa shape index (κ1) is 25.0. The van der Waals surface area contributed by atoms with Gasteiger partial charge in [0.25, 0.3) is 0 Å². The molecule has 0 heterocycles. The largest absolute Gasteiger partial charge is 0.489 e. The zero-order chi connectivity index (χ0) is 17.0. The fraction of sp³-hybridized carbons (Fsp3) is 0.368. The maximum absolute atomic E-state index is 8.68. The molecule has 0 aromatic heterocycles. The van der Waals surface area contributed by atoms with E-state index in [9.17, 15) is 0 Å². The number of benzene rings is 2. The van der Waals surface area contributed by atoms with Gasteiger partial charge in [-0.2, -0.15) is 0 Å². The Balaban J connectivity index is 0.00000312. The number of halogens is 3. The zero-order valence-electron chi connectivity index (χ0n) is 14.6. The van der Waals surface area contributed by atoms with Gasteiger partial charge in [-0.1, -0.05) is 35.9 Å². The second-order valence-corrected chi connectivity index (χ2v) is 6.00. The van der Waals surface area contributed by atoms with Crippen LogP contribution in [0.2, 0.25) is 5.02 Å². The molecule has 0 unspecified atom stereocenters. The quantitative estimate of drug-likeness (QED) is 0.483. The van der Waals surface area contributed by atoms with Crippen molar-refractivity contribution in [2.24, 2.45) is 0 Å². The van der Waals surface area contributed by atoms with Crippen LogP contribution >= 0.6 is 36.4 Å². The monoisotopic (exact) mass is 420 g/mol. The van der Waals surface area contributed by atoms with Gasteiger partial charge >= 0.3 is 0 Å². The number of aliphatic hydroxyl groups is 1. The minimum Gasteiger partial charge on any atom is -0.489 e. The summed E-state index contributed by atoms with van der Waals surface area (Å²) in [4.78, 5) is 0. The van der Waals surface area contributed by atoms with E-state index in [2.05, 4.69) is 22.8 Å². The molecule has 0 aliphatic heterocycles. The van der Waals surface area contributed by atoms with Crippen LogP contribution in [0.5, 0.6) is 5.75 Å². The molecule has 146 valence electrons. The summed E-state index contributed by atoms with van der Waals surface area (Å²) in [5, 5.41) is 16.0. The SMILES string of the molecule is Cl.Cl.OCCNCCCNCc1cccc(OCc2ccc(Cl)cc2)c1. The topological polar surface area (TPSA) is 53.5 Å². The summed E-state index contributed by atoms with van der Waals surface area (Å²) in [6.07, 6.45) is 1.03. The van der Waals surface area contributed by atoms with E-state index in [4.69, 9.17) is 21.4 Å². The summed E-state index contributed by atoms with van der Waals surface area (Å²) in [6, 6.07) is 15.8. The van der Waals surface area contributed by atoms with Gasteiger partial charge in [-0.3, -0.25) is 0 Å². The zero-order valence-corrected chi connectivity index (χ0v) is 17.0. The average Bonchev–Trinajstić information content (AvgIpc) is 2.61. The third kappa shape index (κ3) is 10.2. The molecular formula is C19H27Cl3N2O2. The summed E-state index contributed by atoms with van der Waals surface area (Å²) < 4.78 is 5.84. The van der Waals surface area contributed by atoms with Crippen LogP contribution in [-0.4, -0.2) is 31.3 Å². The van der Waals surface area contributed by atoms with E-state index in [0.29, 0.717) is 13.2 Å². The normalized spacial score (nSPS) is 9.92. The van der Waals surface area contributed by atoms with Gasteiger partial charge in [0, 0.05) is 18.1 Å². The van der Waals surface area contributed by atoms with E-state index < -0.39 is 0 Å². The molecule has 4 nitrogen and oxygen atoms in total. The lowest BCUT2D eigenvalue weighted by molar-refractivity contribution is 0.292. The van der Waals surface area contributed by atoms with E-state index in [0.717, 1.165) is 42.4 Å². The fourth-order valence-electron chi connectivity index (χ4n) is 2.27. The predicted molar refractivity (Wildman–Crippen MR) is 113 cm³/mol. The summed E-state index contributed by atoms with van der Waals surface area (Å²) in [7, 11) is 0. The van der Waals surface area contributed by atoms with Gasteiger partial charge < -0.3 is 20.5 Å². The fourth-order valence-corrected chi connectivity index (χ4v) is 2.39. The lowest BCUT2D eigenvalue weighted by Gasteiger charge is -2.09. The highest BCUT2D eigenvalue weighted by atomic mass is 35.5. The Morgan fingerprint density at radius 3 is 2.35 bits per heavy atom. The molecule has 0 amide bonds. The summed E-state index contributed by atoms with van der Waals surface area (Å²) in [5.41, 5.74) is 2.30. The molecule has 0 radical (unpaired) electrons. The van der Waals surface area contributed by atoms with Crippen molar-refractivity contribution >= 4 is 36.4 Å². The Labute approximate surface area is 173 Å². The van der Waals surface area contributed by atoms with Gasteiger partial charge in [0.15, 0.2) is 0 Å². The summed E-state index contributed by atoms with van der Waals surface area (Å²) >= 11 is 5.88. The summed E-state index contributed by atoms with van der Waals surface area (Å²) in [5.74, 6) is 0.869. The van der Waals surface area contributed by atoms with Crippen molar-refractivity contribution in [3.8, 4) is 5.75 Å². The van der Waals surface area contributed by atoms with Crippen LogP contribution in [0.3, 0.4) is 0 Å². The number of nitrogens with one attached hydrogen (secondary N) is 2. The van der Waals surface area contributed by atoms with Gasteiger partial charge in [-0.25, -0.2) is 0 Å². The number of aliphatic hydroxyl groups excluding tert-OH is 1. The van der Waals surface area contributed by atoms with Crippen LogP contribution in [0.25, 0.3) is 0 Å². The first-order valence-corrected chi connectivity index (χ1v) is 8.64. The van der Waals surface area contributed by atoms with Gasteiger partial charge in [-0.15, -0.1) is 24.8 Å². The van der Waals surface area contributed by atoms with Crippen LogP contribution in [0.15, 0.2) is 48.5 Å². The standard InChI is InChI=1S/C19H25ClN2O2.2ClH/c20-18-7-5-16(6-8-18)15-24-19-4-1-3-17(13-19)14-22-10-2-9-21-11-12-23;;/h1,3-8,13,21-23H,2,9-12,14-15H2;2*1H.